The Hall–Kier alpha value is -1.93. The smallest absolute Gasteiger partial charge is 0.416 e. The molecule has 0 radical (unpaired) electrons. The molecule has 2 aromatic rings. The largest absolute Gasteiger partial charge is 0.455 e. The predicted molar refractivity (Wildman–Crippen MR) is 148 cm³/mol. The van der Waals surface area contributed by atoms with Crippen molar-refractivity contribution in [1.82, 2.24) is 14.3 Å². The first-order chi connectivity index (χ1) is 17.9. The molecule has 2 atom stereocenters. The highest BCUT2D eigenvalue weighted by molar-refractivity contribution is 7.84. The molecule has 3 rings (SSSR count). The van der Waals surface area contributed by atoms with Gasteiger partial charge < -0.3 is 23.5 Å². The number of nitrogens with one attached hydrogen (secondary N) is 1. The highest BCUT2D eigenvalue weighted by Gasteiger charge is 2.49. The van der Waals surface area contributed by atoms with E-state index < -0.39 is 54.5 Å². The van der Waals surface area contributed by atoms with Crippen molar-refractivity contribution in [2.24, 2.45) is 0 Å². The molecule has 0 amide bonds. The second-order valence-corrected chi connectivity index (χ2v) is 19.9. The van der Waals surface area contributed by atoms with Crippen molar-refractivity contribution in [3.8, 4) is 0 Å². The van der Waals surface area contributed by atoms with Gasteiger partial charge in [0.05, 0.1) is 33.4 Å². The van der Waals surface area contributed by atoms with Crippen LogP contribution >= 0.6 is 0 Å². The summed E-state index contributed by atoms with van der Waals surface area (Å²) in [5.74, 6) is 0.358. The van der Waals surface area contributed by atoms with Gasteiger partial charge in [0.1, 0.15) is 31.1 Å². The molecule has 1 aliphatic heterocycles. The van der Waals surface area contributed by atoms with Gasteiger partial charge >= 0.3 is 6.18 Å². The number of aromatic nitrogens is 2. The molecule has 1 aliphatic rings. The number of halogens is 3. The van der Waals surface area contributed by atoms with E-state index in [-0.39, 0.29) is 6.73 Å². The number of fused-ring (bicyclic) bond motifs is 1. The van der Waals surface area contributed by atoms with E-state index in [0.717, 1.165) is 25.5 Å². The third kappa shape index (κ3) is 8.29. The Bertz CT molecular complexity index is 1180. The summed E-state index contributed by atoms with van der Waals surface area (Å²) in [7, 11) is -2.97. The summed E-state index contributed by atoms with van der Waals surface area (Å²) < 4.78 is 80.3. The van der Waals surface area contributed by atoms with Crippen LogP contribution in [0.2, 0.25) is 25.7 Å². The van der Waals surface area contributed by atoms with Gasteiger partial charge in [-0.1, -0.05) is 19.6 Å². The standard InChI is InChI=1S/C26H40F3N3O5SSi/c1-24(2,3)38(33)31-20(16-37-25(4,5)26(27,28)29)22-30-19-15-18(23-35-11-12-36-23)9-10-21(19)32(22)17-34-13-14-39(6,7)8/h9-12,15,20,23,31H,13-14,16-17H2,1-8H3/t20-,38?/m0/s1. The number of alkyl halides is 3. The zero-order valence-electron chi connectivity index (χ0n) is 23.8. The van der Waals surface area contributed by atoms with Crippen molar-refractivity contribution >= 4 is 30.1 Å². The molecule has 2 heterocycles. The molecule has 0 spiro atoms. The minimum absolute atomic E-state index is 0.122. The number of hydrogen-bond acceptors (Lipinski definition) is 6. The van der Waals surface area contributed by atoms with Crippen LogP contribution in [-0.2, 0) is 36.7 Å². The van der Waals surface area contributed by atoms with E-state index in [9.17, 15) is 17.4 Å². The van der Waals surface area contributed by atoms with Crippen molar-refractivity contribution in [3.63, 3.8) is 0 Å². The fourth-order valence-corrected chi connectivity index (χ4v) is 5.03. The van der Waals surface area contributed by atoms with E-state index in [0.29, 0.717) is 23.5 Å². The molecule has 1 unspecified atom stereocenters. The van der Waals surface area contributed by atoms with Crippen molar-refractivity contribution in [2.45, 2.75) is 95.9 Å². The molecular weight excluding hydrogens is 551 g/mol. The number of rotatable bonds is 12. The summed E-state index contributed by atoms with van der Waals surface area (Å²) in [6.45, 7) is 14.2. The maximum Gasteiger partial charge on any atom is 0.416 e. The van der Waals surface area contributed by atoms with Crippen LogP contribution in [0, 0.1) is 0 Å². The minimum Gasteiger partial charge on any atom is -0.455 e. The Morgan fingerprint density at radius 3 is 2.33 bits per heavy atom. The number of imidazole rings is 1. The quantitative estimate of drug-likeness (QED) is 0.230. The lowest BCUT2D eigenvalue weighted by atomic mass is 10.1. The van der Waals surface area contributed by atoms with E-state index in [1.807, 2.05) is 12.1 Å². The Kier molecular flexibility index (Phi) is 9.63. The fourth-order valence-electron chi connectivity index (χ4n) is 3.48. The number of nitrogens with zero attached hydrogens (tertiary/aromatic N) is 2. The van der Waals surface area contributed by atoms with Crippen LogP contribution in [0.4, 0.5) is 13.2 Å². The van der Waals surface area contributed by atoms with Crippen LogP contribution in [-0.4, -0.2) is 51.6 Å². The van der Waals surface area contributed by atoms with Gasteiger partial charge in [-0.25, -0.2) is 13.9 Å². The average molecular weight is 592 g/mol. The van der Waals surface area contributed by atoms with Crippen molar-refractivity contribution in [2.75, 3.05) is 13.2 Å². The van der Waals surface area contributed by atoms with Gasteiger partial charge in [0.25, 0.3) is 6.29 Å². The molecule has 0 saturated heterocycles. The van der Waals surface area contributed by atoms with Gasteiger partial charge in [-0.3, -0.25) is 0 Å². The zero-order chi connectivity index (χ0) is 29.2. The molecule has 1 aromatic carbocycles. The molecular formula is C26H40F3N3O5SSi. The first-order valence-corrected chi connectivity index (χ1v) is 17.7. The summed E-state index contributed by atoms with van der Waals surface area (Å²) in [5, 5.41) is 0. The topological polar surface area (TPSA) is 83.8 Å². The maximum atomic E-state index is 13.6. The lowest BCUT2D eigenvalue weighted by Gasteiger charge is -2.31. The monoisotopic (exact) mass is 591 g/mol. The SMILES string of the molecule is CC(C)(C)S(=O)N[C@@H](COC(C)(C)C(F)(F)F)c1nc2cc(C3OC=CO3)ccc2n1COCC[Si](C)(C)C. The Labute approximate surface area is 231 Å². The predicted octanol–water partition coefficient (Wildman–Crippen LogP) is 6.32. The maximum absolute atomic E-state index is 13.6. The van der Waals surface area contributed by atoms with Crippen LogP contribution in [0.25, 0.3) is 11.0 Å². The fraction of sp³-hybridized carbons (Fsp3) is 0.654. The first-order valence-electron chi connectivity index (χ1n) is 12.8. The molecule has 220 valence electrons. The molecule has 0 saturated carbocycles. The highest BCUT2D eigenvalue weighted by Crippen LogP contribution is 2.35. The molecule has 13 heteroatoms. The van der Waals surface area contributed by atoms with Gasteiger partial charge in [-0.05, 0) is 58.9 Å². The van der Waals surface area contributed by atoms with Gasteiger partial charge in [0, 0.05) is 20.2 Å². The van der Waals surface area contributed by atoms with Crippen LogP contribution in [0.5, 0.6) is 0 Å². The lowest BCUT2D eigenvalue weighted by molar-refractivity contribution is -0.265. The molecule has 39 heavy (non-hydrogen) atoms. The summed E-state index contributed by atoms with van der Waals surface area (Å²) in [4.78, 5) is 4.77. The molecule has 8 nitrogen and oxygen atoms in total. The van der Waals surface area contributed by atoms with Crippen molar-refractivity contribution in [1.29, 1.82) is 0 Å². The first kappa shape index (κ1) is 31.6. The average Bonchev–Trinajstić information content (AvgIpc) is 3.45. The summed E-state index contributed by atoms with van der Waals surface area (Å²) >= 11 is 0. The molecule has 0 bridgehead atoms. The van der Waals surface area contributed by atoms with E-state index in [2.05, 4.69) is 24.4 Å². The van der Waals surface area contributed by atoms with Gasteiger partial charge in [-0.15, -0.1) is 0 Å². The van der Waals surface area contributed by atoms with Crippen molar-refractivity contribution < 1.29 is 36.3 Å². The molecule has 0 fully saturated rings. The van der Waals surface area contributed by atoms with Gasteiger partial charge in [0.2, 0.25) is 0 Å². The number of hydrogen-bond donors (Lipinski definition) is 1. The van der Waals surface area contributed by atoms with Crippen LogP contribution in [0.1, 0.15) is 58.3 Å². The normalized spacial score (nSPS) is 16.9. The second kappa shape index (κ2) is 11.9. The third-order valence-corrected chi connectivity index (χ3v) is 9.48. The molecule has 0 aliphatic carbocycles. The van der Waals surface area contributed by atoms with E-state index >= 15 is 0 Å². The third-order valence-electron chi connectivity index (χ3n) is 6.16. The van der Waals surface area contributed by atoms with E-state index in [1.54, 1.807) is 31.4 Å². The van der Waals surface area contributed by atoms with E-state index in [4.69, 9.17) is 23.9 Å². The van der Waals surface area contributed by atoms with E-state index in [1.165, 1.54) is 12.5 Å². The van der Waals surface area contributed by atoms with Crippen LogP contribution in [0.15, 0.2) is 30.7 Å². The van der Waals surface area contributed by atoms with Gasteiger partial charge in [-0.2, -0.15) is 13.2 Å². The van der Waals surface area contributed by atoms with Crippen LogP contribution in [0.3, 0.4) is 0 Å². The Morgan fingerprint density at radius 2 is 1.77 bits per heavy atom. The van der Waals surface area contributed by atoms with Gasteiger partial charge in [0.15, 0.2) is 5.60 Å². The lowest BCUT2D eigenvalue weighted by Crippen LogP contribution is -2.45. The molecule has 1 aromatic heterocycles. The summed E-state index contributed by atoms with van der Waals surface area (Å²) in [6.07, 6.45) is -2.31. The zero-order valence-corrected chi connectivity index (χ0v) is 25.7. The highest BCUT2D eigenvalue weighted by atomic mass is 32.2. The summed E-state index contributed by atoms with van der Waals surface area (Å²) in [6, 6.07) is 5.49. The summed E-state index contributed by atoms with van der Waals surface area (Å²) in [5.41, 5.74) is -0.423. The second-order valence-electron chi connectivity index (χ2n) is 12.2. The number of benzene rings is 1. The van der Waals surface area contributed by atoms with Crippen LogP contribution < -0.4 is 4.72 Å². The molecule has 1 N–H and O–H groups in total. The minimum atomic E-state index is -4.59. The van der Waals surface area contributed by atoms with Crippen molar-refractivity contribution in [3.05, 3.63) is 42.1 Å². The number of ether oxygens (including phenoxy) is 4. The Balaban J connectivity index is 2.02. The Morgan fingerprint density at radius 1 is 1.13 bits per heavy atom.